The number of carboxylic acids is 1. The van der Waals surface area contributed by atoms with Crippen LogP contribution in [-0.2, 0) is 10.7 Å². The number of carboxylic acid groups (broad SMARTS) is 1. The Morgan fingerprint density at radius 3 is 1.29 bits per heavy atom. The minimum atomic E-state index is -3.99. The first-order chi connectivity index (χ1) is 22.0. The van der Waals surface area contributed by atoms with Crippen LogP contribution in [0.15, 0.2) is 180 Å². The van der Waals surface area contributed by atoms with E-state index in [9.17, 15) is 14.7 Å². The van der Waals surface area contributed by atoms with E-state index in [1.807, 2.05) is 84.9 Å². The first kappa shape index (κ1) is 30.1. The molecule has 6 aromatic carbocycles. The summed E-state index contributed by atoms with van der Waals surface area (Å²) < 4.78 is 7.20. The van der Waals surface area contributed by atoms with E-state index >= 15 is 0 Å². The van der Waals surface area contributed by atoms with E-state index in [1.54, 1.807) is 36.4 Å². The van der Waals surface area contributed by atoms with Crippen LogP contribution in [-0.4, -0.2) is 17.0 Å². The molecule has 6 rings (SSSR count). The predicted molar refractivity (Wildman–Crippen MR) is 185 cm³/mol. The molecule has 0 aliphatic carbocycles. The Hall–Kier alpha value is -4.96. The summed E-state index contributed by atoms with van der Waals surface area (Å²) in [6.07, 6.45) is 0.497. The molecule has 0 saturated carbocycles. The van der Waals surface area contributed by atoms with Crippen LogP contribution in [0.3, 0.4) is 0 Å². The van der Waals surface area contributed by atoms with Crippen LogP contribution >= 0.6 is 18.6 Å². The Bertz CT molecular complexity index is 1800. The number of rotatable bonds is 10. The third-order valence-electron chi connectivity index (χ3n) is 7.95. The quantitative estimate of drug-likeness (QED) is 0.155. The molecule has 4 nitrogen and oxygen atoms in total. The van der Waals surface area contributed by atoms with Crippen LogP contribution in [0.4, 0.5) is 0 Å². The van der Waals surface area contributed by atoms with E-state index in [0.717, 1.165) is 31.3 Å². The second-order valence-corrected chi connectivity index (χ2v) is 16.3. The molecular weight excluding hydrogens is 595 g/mol. The maximum atomic E-state index is 14.5. The van der Waals surface area contributed by atoms with Crippen molar-refractivity contribution in [3.05, 3.63) is 187 Å². The molecule has 0 fully saturated rings. The first-order valence-corrected chi connectivity index (χ1v) is 17.7. The van der Waals surface area contributed by atoms with Crippen molar-refractivity contribution in [1.29, 1.82) is 0 Å². The SMILES string of the molecule is O=C(O)c1ccc(Sc2ccc(C(=O)OP(Cc3ccccc3)(c3ccccc3)(c3ccccc3)c3ccccc3)cc2)cc1. The van der Waals surface area contributed by atoms with Gasteiger partial charge in [-0.15, -0.1) is 0 Å². The normalized spacial score (nSPS) is 12.0. The van der Waals surface area contributed by atoms with E-state index in [2.05, 4.69) is 48.5 Å². The summed E-state index contributed by atoms with van der Waals surface area (Å²) in [4.78, 5) is 27.5. The van der Waals surface area contributed by atoms with Crippen LogP contribution in [0.1, 0.15) is 26.3 Å². The van der Waals surface area contributed by atoms with Crippen molar-refractivity contribution in [2.45, 2.75) is 16.0 Å². The van der Waals surface area contributed by atoms with Crippen LogP contribution < -0.4 is 15.9 Å². The van der Waals surface area contributed by atoms with Gasteiger partial charge >= 0.3 is 258 Å². The van der Waals surface area contributed by atoms with Crippen molar-refractivity contribution < 1.29 is 19.2 Å². The molecule has 0 aromatic heterocycles. The van der Waals surface area contributed by atoms with Gasteiger partial charge in [0, 0.05) is 0 Å². The van der Waals surface area contributed by atoms with Gasteiger partial charge in [-0.25, -0.2) is 4.79 Å². The van der Waals surface area contributed by atoms with Gasteiger partial charge in [0.2, 0.25) is 0 Å². The molecule has 6 aromatic rings. The maximum absolute atomic E-state index is 14.5. The van der Waals surface area contributed by atoms with Gasteiger partial charge in [-0.3, -0.25) is 0 Å². The van der Waals surface area contributed by atoms with Gasteiger partial charge in [0.15, 0.2) is 0 Å². The monoisotopic (exact) mass is 626 g/mol. The second-order valence-electron chi connectivity index (χ2n) is 10.7. The topological polar surface area (TPSA) is 63.6 Å². The van der Waals surface area contributed by atoms with Crippen molar-refractivity contribution in [2.75, 3.05) is 0 Å². The Morgan fingerprint density at radius 1 is 0.511 bits per heavy atom. The Labute approximate surface area is 267 Å². The van der Waals surface area contributed by atoms with Gasteiger partial charge in [-0.05, 0) is 0 Å². The molecule has 0 saturated heterocycles. The standard InChI is InChI=1S/C39H31O4PS/c40-38(41)31-21-25-36(26-22-31)45-37-27-23-32(24-28-37)39(42)43-44(33-15-7-2-8-16-33,34-17-9-3-10-18-34,35-19-11-4-12-20-35)29-30-13-5-1-6-14-30/h1-28H,29H2,(H,40,41). The Balaban J connectivity index is 1.47. The molecule has 0 atom stereocenters. The third-order valence-corrected chi connectivity index (χ3v) is 14.7. The summed E-state index contributed by atoms with van der Waals surface area (Å²) >= 11 is 1.50. The van der Waals surface area contributed by atoms with Gasteiger partial charge in [0.1, 0.15) is 0 Å². The van der Waals surface area contributed by atoms with Crippen molar-refractivity contribution in [3.8, 4) is 0 Å². The van der Waals surface area contributed by atoms with Crippen molar-refractivity contribution >= 4 is 46.4 Å². The van der Waals surface area contributed by atoms with Gasteiger partial charge in [0.25, 0.3) is 0 Å². The van der Waals surface area contributed by atoms with E-state index in [0.29, 0.717) is 11.7 Å². The molecule has 0 unspecified atom stereocenters. The predicted octanol–water partition coefficient (Wildman–Crippen LogP) is 8.34. The summed E-state index contributed by atoms with van der Waals surface area (Å²) in [6, 6.07) is 54.9. The zero-order chi connectivity index (χ0) is 31.1. The number of carbonyl (C=O) groups excluding carboxylic acids is 1. The van der Waals surface area contributed by atoms with Crippen LogP contribution in [0.25, 0.3) is 0 Å². The number of benzene rings is 6. The summed E-state index contributed by atoms with van der Waals surface area (Å²) in [5.74, 6) is -1.36. The number of aromatic carboxylic acids is 1. The Kier molecular flexibility index (Phi) is 8.66. The number of carbonyl (C=O) groups is 2. The van der Waals surface area contributed by atoms with Gasteiger partial charge in [-0.1, -0.05) is 0 Å². The fourth-order valence-corrected chi connectivity index (χ4v) is 12.2. The van der Waals surface area contributed by atoms with E-state index in [-0.39, 0.29) is 5.56 Å². The molecular formula is C39H31O4PS. The minimum absolute atomic E-state index is 0.240. The van der Waals surface area contributed by atoms with Crippen molar-refractivity contribution in [3.63, 3.8) is 0 Å². The molecule has 222 valence electrons. The molecule has 0 radical (unpaired) electrons. The van der Waals surface area contributed by atoms with Crippen LogP contribution in [0.2, 0.25) is 0 Å². The molecule has 0 aliphatic heterocycles. The summed E-state index contributed by atoms with van der Waals surface area (Å²) in [6.45, 7) is -3.99. The van der Waals surface area contributed by atoms with Crippen LogP contribution in [0.5, 0.6) is 0 Å². The number of hydrogen-bond acceptors (Lipinski definition) is 4. The van der Waals surface area contributed by atoms with E-state index in [1.165, 1.54) is 11.8 Å². The third kappa shape index (κ3) is 5.93. The zero-order valence-electron chi connectivity index (χ0n) is 24.4. The molecule has 0 amide bonds. The average molecular weight is 627 g/mol. The van der Waals surface area contributed by atoms with Crippen LogP contribution in [0, 0.1) is 0 Å². The molecule has 0 bridgehead atoms. The van der Waals surface area contributed by atoms with Gasteiger partial charge in [0.05, 0.1) is 0 Å². The molecule has 0 heterocycles. The molecule has 6 heteroatoms. The molecule has 0 aliphatic rings. The number of hydrogen-bond donors (Lipinski definition) is 1. The summed E-state index contributed by atoms with van der Waals surface area (Å²) in [5.41, 5.74) is 1.76. The average Bonchev–Trinajstić information content (AvgIpc) is 3.10. The van der Waals surface area contributed by atoms with Gasteiger partial charge in [-0.2, -0.15) is 0 Å². The Morgan fingerprint density at radius 2 is 0.889 bits per heavy atom. The van der Waals surface area contributed by atoms with Crippen molar-refractivity contribution in [2.24, 2.45) is 0 Å². The van der Waals surface area contributed by atoms with Gasteiger partial charge < -0.3 is 5.11 Å². The fraction of sp³-hybridized carbons (Fsp3) is 0.0256. The second kappa shape index (κ2) is 13.0. The summed E-state index contributed by atoms with van der Waals surface area (Å²) in [7, 11) is 0. The first-order valence-electron chi connectivity index (χ1n) is 14.6. The van der Waals surface area contributed by atoms with Crippen molar-refractivity contribution in [1.82, 2.24) is 0 Å². The zero-order valence-corrected chi connectivity index (χ0v) is 26.1. The van der Waals surface area contributed by atoms with E-state index in [4.69, 9.17) is 4.52 Å². The summed E-state index contributed by atoms with van der Waals surface area (Å²) in [5, 5.41) is 12.1. The molecule has 1 N–H and O–H groups in total. The molecule has 45 heavy (non-hydrogen) atoms. The fourth-order valence-electron chi connectivity index (χ4n) is 5.77. The molecule has 0 spiro atoms. The van der Waals surface area contributed by atoms with E-state index < -0.39 is 18.8 Å².